The number of ketones is 1. The minimum Gasteiger partial charge on any atom is -0.341 e. The van der Waals surface area contributed by atoms with Gasteiger partial charge in [-0.25, -0.2) is 18.7 Å². The second-order valence-electron chi connectivity index (χ2n) is 6.46. The summed E-state index contributed by atoms with van der Waals surface area (Å²) in [6, 6.07) is 3.44. The van der Waals surface area contributed by atoms with Crippen molar-refractivity contribution in [1.29, 1.82) is 0 Å². The zero-order valence-electron chi connectivity index (χ0n) is 13.1. The molecule has 2 aromatic rings. The van der Waals surface area contributed by atoms with Crippen molar-refractivity contribution in [1.82, 2.24) is 9.97 Å². The van der Waals surface area contributed by atoms with Crippen molar-refractivity contribution >= 4 is 11.7 Å². The Hall–Kier alpha value is -2.37. The van der Waals surface area contributed by atoms with E-state index in [1.165, 1.54) is 12.1 Å². The predicted octanol–water partition coefficient (Wildman–Crippen LogP) is 3.27. The summed E-state index contributed by atoms with van der Waals surface area (Å²) in [5.41, 5.74) is 1.72. The maximum atomic E-state index is 13.5. The Morgan fingerprint density at radius 2 is 1.75 bits per heavy atom. The lowest BCUT2D eigenvalue weighted by atomic mass is 9.82. The Morgan fingerprint density at radius 3 is 2.46 bits per heavy atom. The van der Waals surface area contributed by atoms with Crippen LogP contribution in [-0.4, -0.2) is 28.8 Å². The van der Waals surface area contributed by atoms with Crippen LogP contribution in [0.25, 0.3) is 0 Å². The summed E-state index contributed by atoms with van der Waals surface area (Å²) in [7, 11) is 0. The molecule has 1 aliphatic carbocycles. The fourth-order valence-electron chi connectivity index (χ4n) is 3.55. The summed E-state index contributed by atoms with van der Waals surface area (Å²) in [5.74, 6) is -0.923. The van der Waals surface area contributed by atoms with Gasteiger partial charge in [-0.1, -0.05) is 0 Å². The average Bonchev–Trinajstić information content (AvgIpc) is 3.08. The van der Waals surface area contributed by atoms with Gasteiger partial charge in [-0.2, -0.15) is 0 Å². The number of carbonyl (C=O) groups is 1. The molecule has 0 spiro atoms. The Labute approximate surface area is 138 Å². The first kappa shape index (κ1) is 15.2. The lowest BCUT2D eigenvalue weighted by Gasteiger charge is -2.24. The highest BCUT2D eigenvalue weighted by Crippen LogP contribution is 2.33. The van der Waals surface area contributed by atoms with E-state index in [4.69, 9.17) is 0 Å². The van der Waals surface area contributed by atoms with Gasteiger partial charge in [0.15, 0.2) is 5.78 Å². The zero-order valence-corrected chi connectivity index (χ0v) is 13.1. The molecule has 24 heavy (non-hydrogen) atoms. The van der Waals surface area contributed by atoms with Crippen molar-refractivity contribution in [3.8, 4) is 0 Å². The molecule has 124 valence electrons. The van der Waals surface area contributed by atoms with Crippen LogP contribution in [-0.2, 0) is 6.42 Å². The Morgan fingerprint density at radius 1 is 1.04 bits per heavy atom. The van der Waals surface area contributed by atoms with E-state index in [2.05, 4.69) is 14.9 Å². The molecule has 4 nitrogen and oxygen atoms in total. The van der Waals surface area contributed by atoms with E-state index in [1.54, 1.807) is 6.20 Å². The van der Waals surface area contributed by atoms with Crippen molar-refractivity contribution < 1.29 is 13.6 Å². The number of hydrogen-bond donors (Lipinski definition) is 0. The Kier molecular flexibility index (Phi) is 3.75. The molecule has 6 heteroatoms. The molecule has 1 aromatic carbocycles. The zero-order chi connectivity index (χ0) is 16.7. The van der Waals surface area contributed by atoms with Crippen LogP contribution in [0.1, 0.15) is 46.8 Å². The predicted molar refractivity (Wildman–Crippen MR) is 85.2 cm³/mol. The molecule has 1 saturated heterocycles. The van der Waals surface area contributed by atoms with Gasteiger partial charge in [0.2, 0.25) is 5.95 Å². The minimum atomic E-state index is -0.622. The summed E-state index contributed by atoms with van der Waals surface area (Å²) in [4.78, 5) is 23.4. The first-order valence-corrected chi connectivity index (χ1v) is 8.20. The summed E-state index contributed by atoms with van der Waals surface area (Å²) >= 11 is 0. The Bertz CT molecular complexity index is 783. The normalized spacial score (nSPS) is 20.3. The van der Waals surface area contributed by atoms with E-state index in [1.807, 2.05) is 0 Å². The first-order chi connectivity index (χ1) is 11.6. The van der Waals surface area contributed by atoms with Gasteiger partial charge in [-0.05, 0) is 42.9 Å². The number of aromatic nitrogens is 2. The lowest BCUT2D eigenvalue weighted by molar-refractivity contribution is 0.0962. The molecule has 0 N–H and O–H groups in total. The lowest BCUT2D eigenvalue weighted by Crippen LogP contribution is -2.25. The van der Waals surface area contributed by atoms with Crippen LogP contribution in [0, 0.1) is 11.6 Å². The van der Waals surface area contributed by atoms with Crippen LogP contribution < -0.4 is 4.90 Å². The standard InChI is InChI=1S/C18H17F2N3O/c19-13-5-11(6-14(20)9-13)12-7-16-15(17(24)8-12)10-21-18(22-16)23-3-1-2-4-23/h5-6,9-10,12H,1-4,7-8H2. The maximum Gasteiger partial charge on any atom is 0.225 e. The number of halogens is 2. The van der Waals surface area contributed by atoms with Gasteiger partial charge < -0.3 is 4.90 Å². The molecule has 1 fully saturated rings. The molecule has 0 bridgehead atoms. The van der Waals surface area contributed by atoms with E-state index in [9.17, 15) is 13.6 Å². The van der Waals surface area contributed by atoms with Gasteiger partial charge in [0.05, 0.1) is 11.3 Å². The number of Topliss-reactive ketones (excluding diaryl/α,β-unsaturated/α-hetero) is 1. The fourth-order valence-corrected chi connectivity index (χ4v) is 3.55. The molecule has 1 aromatic heterocycles. The van der Waals surface area contributed by atoms with Crippen LogP contribution in [0.3, 0.4) is 0 Å². The number of hydrogen-bond acceptors (Lipinski definition) is 4. The van der Waals surface area contributed by atoms with Gasteiger partial charge in [0.1, 0.15) is 11.6 Å². The molecule has 0 saturated carbocycles. The highest BCUT2D eigenvalue weighted by molar-refractivity contribution is 5.98. The maximum absolute atomic E-state index is 13.5. The first-order valence-electron chi connectivity index (χ1n) is 8.20. The van der Waals surface area contributed by atoms with Gasteiger partial charge in [0.25, 0.3) is 0 Å². The van der Waals surface area contributed by atoms with Crippen LogP contribution in [0.4, 0.5) is 14.7 Å². The number of nitrogens with zero attached hydrogens (tertiary/aromatic N) is 3. The fraction of sp³-hybridized carbons (Fsp3) is 0.389. The highest BCUT2D eigenvalue weighted by atomic mass is 19.1. The molecule has 0 amide bonds. The van der Waals surface area contributed by atoms with Crippen LogP contribution in [0.2, 0.25) is 0 Å². The second kappa shape index (κ2) is 5.92. The van der Waals surface area contributed by atoms with Gasteiger partial charge in [-0.3, -0.25) is 4.79 Å². The molecular weight excluding hydrogens is 312 g/mol. The number of benzene rings is 1. The van der Waals surface area contributed by atoms with E-state index in [0.29, 0.717) is 29.2 Å². The van der Waals surface area contributed by atoms with Gasteiger partial charge in [0, 0.05) is 31.8 Å². The average molecular weight is 329 g/mol. The van der Waals surface area contributed by atoms with Gasteiger partial charge >= 0.3 is 0 Å². The van der Waals surface area contributed by atoms with E-state index in [-0.39, 0.29) is 18.1 Å². The number of anilines is 1. The smallest absolute Gasteiger partial charge is 0.225 e. The van der Waals surface area contributed by atoms with Crippen molar-refractivity contribution in [3.63, 3.8) is 0 Å². The molecule has 1 unspecified atom stereocenters. The molecular formula is C18H17F2N3O. The Balaban J connectivity index is 1.67. The van der Waals surface area contributed by atoms with Crippen LogP contribution >= 0.6 is 0 Å². The van der Waals surface area contributed by atoms with Crippen LogP contribution in [0.5, 0.6) is 0 Å². The highest BCUT2D eigenvalue weighted by Gasteiger charge is 2.29. The quantitative estimate of drug-likeness (QED) is 0.848. The molecule has 2 aliphatic rings. The number of fused-ring (bicyclic) bond motifs is 1. The summed E-state index contributed by atoms with van der Waals surface area (Å²) in [5, 5.41) is 0. The van der Waals surface area contributed by atoms with Crippen molar-refractivity contribution in [3.05, 3.63) is 52.9 Å². The SMILES string of the molecule is O=C1CC(c2cc(F)cc(F)c2)Cc2nc(N3CCCC3)ncc21. The van der Waals surface area contributed by atoms with Crippen molar-refractivity contribution in [2.75, 3.05) is 18.0 Å². The summed E-state index contributed by atoms with van der Waals surface area (Å²) in [6.45, 7) is 1.84. The molecule has 1 atom stereocenters. The molecule has 2 heterocycles. The third-order valence-corrected chi connectivity index (χ3v) is 4.77. The molecule has 1 aliphatic heterocycles. The molecule has 4 rings (SSSR count). The number of carbonyl (C=O) groups excluding carboxylic acids is 1. The third-order valence-electron chi connectivity index (χ3n) is 4.77. The van der Waals surface area contributed by atoms with Gasteiger partial charge in [-0.15, -0.1) is 0 Å². The summed E-state index contributed by atoms with van der Waals surface area (Å²) < 4.78 is 27.0. The largest absolute Gasteiger partial charge is 0.341 e. The van der Waals surface area contributed by atoms with E-state index < -0.39 is 11.6 Å². The number of rotatable bonds is 2. The monoisotopic (exact) mass is 329 g/mol. The molecule has 0 radical (unpaired) electrons. The van der Waals surface area contributed by atoms with E-state index >= 15 is 0 Å². The topological polar surface area (TPSA) is 46.1 Å². The van der Waals surface area contributed by atoms with Crippen molar-refractivity contribution in [2.24, 2.45) is 0 Å². The second-order valence-corrected chi connectivity index (χ2v) is 6.46. The van der Waals surface area contributed by atoms with Crippen LogP contribution in [0.15, 0.2) is 24.4 Å². The summed E-state index contributed by atoms with van der Waals surface area (Å²) in [6.07, 6.45) is 4.55. The van der Waals surface area contributed by atoms with Crippen molar-refractivity contribution in [2.45, 2.75) is 31.6 Å². The minimum absolute atomic E-state index is 0.0705. The third kappa shape index (κ3) is 2.77. The van der Waals surface area contributed by atoms with E-state index in [0.717, 1.165) is 32.0 Å².